The molecule has 3 aromatic carbocycles. The molecular weight excluding hydrogens is 518 g/mol. The lowest BCUT2D eigenvalue weighted by Crippen LogP contribution is -2.17. The second kappa shape index (κ2) is 10.1. The van der Waals surface area contributed by atoms with E-state index in [0.29, 0.717) is 12.4 Å². The first-order chi connectivity index (χ1) is 14.4. The van der Waals surface area contributed by atoms with Gasteiger partial charge in [-0.15, -0.1) is 0 Å². The van der Waals surface area contributed by atoms with Gasteiger partial charge in [0.2, 0.25) is 0 Å². The van der Waals surface area contributed by atoms with Crippen LogP contribution in [0, 0.1) is 10.1 Å². The van der Waals surface area contributed by atoms with Crippen molar-refractivity contribution in [2.24, 2.45) is 5.10 Å². The molecule has 3 rings (SSSR count). The number of ether oxygens (including phenoxy) is 1. The van der Waals surface area contributed by atoms with Crippen LogP contribution in [0.25, 0.3) is 0 Å². The minimum Gasteiger partial charge on any atom is -0.488 e. The molecule has 1 N–H and O–H groups in total. The lowest BCUT2D eigenvalue weighted by Gasteiger charge is -2.09. The van der Waals surface area contributed by atoms with Crippen LogP contribution in [0.5, 0.6) is 5.75 Å². The summed E-state index contributed by atoms with van der Waals surface area (Å²) < 4.78 is 7.59. The Bertz CT molecular complexity index is 1080. The number of rotatable bonds is 7. The van der Waals surface area contributed by atoms with Gasteiger partial charge in [-0.05, 0) is 69.5 Å². The fourth-order valence-corrected chi connectivity index (χ4v) is 3.20. The van der Waals surface area contributed by atoms with Gasteiger partial charge in [0.15, 0.2) is 0 Å². The van der Waals surface area contributed by atoms with Gasteiger partial charge in [0.25, 0.3) is 11.6 Å². The summed E-state index contributed by atoms with van der Waals surface area (Å²) in [6, 6.07) is 18.6. The number of hydrazone groups is 1. The normalized spacial score (nSPS) is 10.7. The monoisotopic (exact) mass is 531 g/mol. The highest BCUT2D eigenvalue weighted by atomic mass is 79.9. The molecule has 0 spiro atoms. The molecule has 0 aromatic heterocycles. The van der Waals surface area contributed by atoms with Crippen LogP contribution in [0.3, 0.4) is 0 Å². The van der Waals surface area contributed by atoms with Gasteiger partial charge in [0.1, 0.15) is 12.4 Å². The van der Waals surface area contributed by atoms with Gasteiger partial charge >= 0.3 is 0 Å². The molecule has 0 unspecified atom stereocenters. The number of non-ortho nitro benzene ring substituents is 1. The fourth-order valence-electron chi connectivity index (χ4n) is 2.42. The van der Waals surface area contributed by atoms with Gasteiger partial charge in [-0.25, -0.2) is 5.43 Å². The van der Waals surface area contributed by atoms with E-state index in [9.17, 15) is 14.9 Å². The molecule has 0 saturated carbocycles. The molecule has 0 bridgehead atoms. The number of nitrogens with zero attached hydrogens (tertiary/aromatic N) is 2. The SMILES string of the molecule is O=C(N/N=C/c1ccc(OCc2ccc(Br)cc2)c(Br)c1)c1ccc([N+](=O)[O-])cc1. The topological polar surface area (TPSA) is 93.8 Å². The Hall–Kier alpha value is -3.04. The first kappa shape index (κ1) is 21.7. The minimum atomic E-state index is -0.524. The predicted octanol–water partition coefficient (Wildman–Crippen LogP) is 5.46. The highest BCUT2D eigenvalue weighted by molar-refractivity contribution is 9.10. The second-order valence-electron chi connectivity index (χ2n) is 6.11. The molecule has 0 saturated heterocycles. The number of halogens is 2. The number of hydrogen-bond acceptors (Lipinski definition) is 5. The summed E-state index contributed by atoms with van der Waals surface area (Å²) in [4.78, 5) is 22.2. The molecule has 7 nitrogen and oxygen atoms in total. The van der Waals surface area contributed by atoms with Gasteiger partial charge in [-0.1, -0.05) is 28.1 Å². The molecule has 0 aliphatic heterocycles. The summed E-state index contributed by atoms with van der Waals surface area (Å²) in [5, 5.41) is 14.6. The number of hydrogen-bond donors (Lipinski definition) is 1. The first-order valence-electron chi connectivity index (χ1n) is 8.67. The largest absolute Gasteiger partial charge is 0.488 e. The molecule has 0 atom stereocenters. The van der Waals surface area contributed by atoms with Crippen LogP contribution < -0.4 is 10.2 Å². The Balaban J connectivity index is 1.56. The number of nitrogens with one attached hydrogen (secondary N) is 1. The quantitative estimate of drug-likeness (QED) is 0.248. The average Bonchev–Trinajstić information content (AvgIpc) is 2.74. The maximum absolute atomic E-state index is 12.1. The number of carbonyl (C=O) groups excluding carboxylic acids is 1. The van der Waals surface area contributed by atoms with E-state index in [2.05, 4.69) is 42.4 Å². The number of carbonyl (C=O) groups is 1. The molecule has 0 radical (unpaired) electrons. The standard InChI is InChI=1S/C21H15Br2N3O4/c22-17-6-1-14(2-7-17)13-30-20-10-3-15(11-19(20)23)12-24-25-21(27)16-4-8-18(9-5-16)26(28)29/h1-12H,13H2,(H,25,27)/b24-12+. The maximum Gasteiger partial charge on any atom is 0.271 e. The summed E-state index contributed by atoms with van der Waals surface area (Å²) in [5.41, 5.74) is 4.38. The van der Waals surface area contributed by atoms with Crippen molar-refractivity contribution in [2.75, 3.05) is 0 Å². The lowest BCUT2D eigenvalue weighted by atomic mass is 10.2. The van der Waals surface area contributed by atoms with Crippen molar-refractivity contribution in [3.05, 3.63) is 102 Å². The highest BCUT2D eigenvalue weighted by Crippen LogP contribution is 2.26. The van der Waals surface area contributed by atoms with Gasteiger partial charge in [-0.2, -0.15) is 5.10 Å². The zero-order valence-corrected chi connectivity index (χ0v) is 18.6. The Morgan fingerprint density at radius 3 is 2.40 bits per heavy atom. The van der Waals surface area contributed by atoms with Crippen LogP contribution in [0.4, 0.5) is 5.69 Å². The zero-order valence-electron chi connectivity index (χ0n) is 15.4. The summed E-state index contributed by atoms with van der Waals surface area (Å²) in [5.74, 6) is 0.222. The number of nitro groups is 1. The molecule has 9 heteroatoms. The van der Waals surface area contributed by atoms with E-state index in [0.717, 1.165) is 20.1 Å². The Morgan fingerprint density at radius 2 is 1.77 bits per heavy atom. The molecule has 0 fully saturated rings. The first-order valence-corrected chi connectivity index (χ1v) is 10.3. The Labute approximate surface area is 189 Å². The van der Waals surface area contributed by atoms with Gasteiger partial charge in [0.05, 0.1) is 15.6 Å². The van der Waals surface area contributed by atoms with E-state index in [4.69, 9.17) is 4.74 Å². The molecule has 1 amide bonds. The van der Waals surface area contributed by atoms with Crippen LogP contribution in [-0.4, -0.2) is 17.0 Å². The molecule has 0 heterocycles. The number of benzene rings is 3. The Kier molecular flexibility index (Phi) is 7.31. The van der Waals surface area contributed by atoms with Crippen molar-refractivity contribution in [1.82, 2.24) is 5.43 Å². The predicted molar refractivity (Wildman–Crippen MR) is 121 cm³/mol. The van der Waals surface area contributed by atoms with Crippen LogP contribution >= 0.6 is 31.9 Å². The third-order valence-electron chi connectivity index (χ3n) is 3.98. The zero-order chi connectivity index (χ0) is 21.5. The Morgan fingerprint density at radius 1 is 1.07 bits per heavy atom. The van der Waals surface area contributed by atoms with Crippen LogP contribution in [-0.2, 0) is 6.61 Å². The third kappa shape index (κ3) is 5.98. The van der Waals surface area contributed by atoms with Crippen LogP contribution in [0.1, 0.15) is 21.5 Å². The van der Waals surface area contributed by atoms with Gasteiger partial charge in [0, 0.05) is 22.2 Å². The van der Waals surface area contributed by atoms with E-state index in [1.165, 1.54) is 30.5 Å². The van der Waals surface area contributed by atoms with E-state index in [1.807, 2.05) is 42.5 Å². The van der Waals surface area contributed by atoms with Crippen LogP contribution in [0.15, 0.2) is 80.8 Å². The molecule has 0 aliphatic carbocycles. The molecule has 3 aromatic rings. The van der Waals surface area contributed by atoms with E-state index in [-0.39, 0.29) is 11.3 Å². The van der Waals surface area contributed by atoms with Crippen molar-refractivity contribution in [2.45, 2.75) is 6.61 Å². The maximum atomic E-state index is 12.1. The van der Waals surface area contributed by atoms with Gasteiger partial charge in [-0.3, -0.25) is 14.9 Å². The second-order valence-corrected chi connectivity index (χ2v) is 7.88. The summed E-state index contributed by atoms with van der Waals surface area (Å²) in [6.07, 6.45) is 1.49. The van der Waals surface area contributed by atoms with Gasteiger partial charge < -0.3 is 4.74 Å². The minimum absolute atomic E-state index is 0.0812. The van der Waals surface area contributed by atoms with Crippen molar-refractivity contribution in [3.63, 3.8) is 0 Å². The molecule has 152 valence electrons. The fraction of sp³-hybridized carbons (Fsp3) is 0.0476. The smallest absolute Gasteiger partial charge is 0.271 e. The van der Waals surface area contributed by atoms with E-state index in [1.54, 1.807) is 0 Å². The third-order valence-corrected chi connectivity index (χ3v) is 5.13. The molecular formula is C21H15Br2N3O4. The van der Waals surface area contributed by atoms with Crippen molar-refractivity contribution < 1.29 is 14.5 Å². The van der Waals surface area contributed by atoms with Crippen molar-refractivity contribution in [3.8, 4) is 5.75 Å². The van der Waals surface area contributed by atoms with E-state index < -0.39 is 10.8 Å². The van der Waals surface area contributed by atoms with Crippen molar-refractivity contribution >= 4 is 49.7 Å². The van der Waals surface area contributed by atoms with Crippen molar-refractivity contribution in [1.29, 1.82) is 0 Å². The summed E-state index contributed by atoms with van der Waals surface area (Å²) in [6.45, 7) is 0.435. The number of nitro benzene ring substituents is 1. The highest BCUT2D eigenvalue weighted by Gasteiger charge is 2.08. The molecule has 30 heavy (non-hydrogen) atoms. The van der Waals surface area contributed by atoms with Crippen LogP contribution in [0.2, 0.25) is 0 Å². The molecule has 0 aliphatic rings. The average molecular weight is 533 g/mol. The summed E-state index contributed by atoms with van der Waals surface area (Å²) >= 11 is 6.87. The van der Waals surface area contributed by atoms with E-state index >= 15 is 0 Å². The summed E-state index contributed by atoms with van der Waals surface area (Å²) in [7, 11) is 0. The number of amides is 1. The lowest BCUT2D eigenvalue weighted by molar-refractivity contribution is -0.384.